The van der Waals surface area contributed by atoms with Gasteiger partial charge in [0.1, 0.15) is 0 Å². The van der Waals surface area contributed by atoms with Crippen LogP contribution in [0.2, 0.25) is 10.1 Å². The third-order valence-corrected chi connectivity index (χ3v) is 4.70. The number of hydrogen-bond acceptors (Lipinski definition) is 4. The van der Waals surface area contributed by atoms with Gasteiger partial charge in [-0.1, -0.05) is 0 Å². The standard InChI is InChI=1S/C6H12O4Se/c7-1-4-6(10)5(9)3(8)2-11-4/h3-10H,1-2H2/t3-,4+,5-,6-/m0/s1. The maximum absolute atomic E-state index is 9.25. The van der Waals surface area contributed by atoms with Gasteiger partial charge < -0.3 is 0 Å². The molecule has 0 bridgehead atoms. The minimum absolute atomic E-state index is 0.0345. The van der Waals surface area contributed by atoms with Crippen molar-refractivity contribution in [2.45, 2.75) is 28.4 Å². The van der Waals surface area contributed by atoms with Gasteiger partial charge in [0.15, 0.2) is 0 Å². The Morgan fingerprint density at radius 3 is 2.36 bits per heavy atom. The average molecular weight is 227 g/mol. The van der Waals surface area contributed by atoms with Gasteiger partial charge in [0.25, 0.3) is 0 Å². The molecule has 0 amide bonds. The molecule has 1 rings (SSSR count). The molecular weight excluding hydrogens is 215 g/mol. The molecule has 1 saturated heterocycles. The summed E-state index contributed by atoms with van der Waals surface area (Å²) in [6.45, 7) is -0.106. The predicted octanol–water partition coefficient (Wildman–Crippen LogP) is -2.01. The summed E-state index contributed by atoms with van der Waals surface area (Å²) in [6.07, 6.45) is -2.85. The Bertz CT molecular complexity index is 130. The van der Waals surface area contributed by atoms with Crippen LogP contribution >= 0.6 is 0 Å². The second-order valence-corrected chi connectivity index (χ2v) is 5.27. The number of rotatable bonds is 1. The molecule has 66 valence electrons. The summed E-state index contributed by atoms with van der Waals surface area (Å²) in [6, 6.07) is 0. The Balaban J connectivity index is 2.52. The summed E-state index contributed by atoms with van der Waals surface area (Å²) in [4.78, 5) is -0.221. The zero-order valence-electron chi connectivity index (χ0n) is 5.92. The monoisotopic (exact) mass is 228 g/mol. The van der Waals surface area contributed by atoms with Crippen molar-refractivity contribution >= 4 is 15.0 Å². The van der Waals surface area contributed by atoms with Gasteiger partial charge in [-0.15, -0.1) is 0 Å². The third kappa shape index (κ3) is 1.93. The molecule has 4 N–H and O–H groups in total. The molecule has 1 aliphatic heterocycles. The summed E-state index contributed by atoms with van der Waals surface area (Å²) in [5, 5.41) is 36.7. The van der Waals surface area contributed by atoms with Crippen molar-refractivity contribution in [1.82, 2.24) is 0 Å². The fourth-order valence-electron chi connectivity index (χ4n) is 1.03. The van der Waals surface area contributed by atoms with Crippen LogP contribution in [0.25, 0.3) is 0 Å². The zero-order chi connectivity index (χ0) is 8.43. The van der Waals surface area contributed by atoms with Crippen molar-refractivity contribution in [3.8, 4) is 0 Å². The Morgan fingerprint density at radius 1 is 1.18 bits per heavy atom. The molecule has 11 heavy (non-hydrogen) atoms. The van der Waals surface area contributed by atoms with Crippen molar-refractivity contribution in [3.63, 3.8) is 0 Å². The van der Waals surface area contributed by atoms with Gasteiger partial charge in [0.2, 0.25) is 0 Å². The second-order valence-electron chi connectivity index (χ2n) is 2.60. The van der Waals surface area contributed by atoms with Gasteiger partial charge in [-0.25, -0.2) is 0 Å². The van der Waals surface area contributed by atoms with Crippen LogP contribution in [-0.4, -0.2) is 60.3 Å². The molecule has 0 aromatic rings. The number of hydrogen-bond donors (Lipinski definition) is 4. The van der Waals surface area contributed by atoms with Crippen LogP contribution in [-0.2, 0) is 0 Å². The summed E-state index contributed by atoms with van der Waals surface area (Å²) in [5.74, 6) is 0. The first kappa shape index (κ1) is 9.45. The molecule has 4 atom stereocenters. The minimum atomic E-state index is -1.08. The van der Waals surface area contributed by atoms with E-state index in [-0.39, 0.29) is 26.4 Å². The van der Waals surface area contributed by atoms with Crippen LogP contribution in [0.15, 0.2) is 0 Å². The fraction of sp³-hybridized carbons (Fsp3) is 1.00. The molecule has 0 saturated carbocycles. The molecule has 0 aliphatic carbocycles. The zero-order valence-corrected chi connectivity index (χ0v) is 7.63. The molecule has 1 aliphatic rings. The van der Waals surface area contributed by atoms with E-state index in [1.54, 1.807) is 0 Å². The summed E-state index contributed by atoms with van der Waals surface area (Å²) >= 11 is 0.0345. The summed E-state index contributed by atoms with van der Waals surface area (Å²) < 4.78 is 0. The second kappa shape index (κ2) is 3.85. The van der Waals surface area contributed by atoms with E-state index >= 15 is 0 Å². The van der Waals surface area contributed by atoms with Gasteiger partial charge in [0, 0.05) is 0 Å². The van der Waals surface area contributed by atoms with E-state index in [1.165, 1.54) is 0 Å². The van der Waals surface area contributed by atoms with Gasteiger partial charge >= 0.3 is 70.4 Å². The SMILES string of the molecule is OC[C@H]1[Se]C[C@H](O)[C@H](O)[C@H]1O. The van der Waals surface area contributed by atoms with E-state index in [1.807, 2.05) is 0 Å². The van der Waals surface area contributed by atoms with Crippen LogP contribution in [0, 0.1) is 0 Å². The molecule has 1 heterocycles. The van der Waals surface area contributed by atoms with Crippen LogP contribution in [0.5, 0.6) is 0 Å². The van der Waals surface area contributed by atoms with E-state index in [2.05, 4.69) is 0 Å². The van der Waals surface area contributed by atoms with E-state index < -0.39 is 18.3 Å². The topological polar surface area (TPSA) is 80.9 Å². The van der Waals surface area contributed by atoms with E-state index in [0.29, 0.717) is 5.32 Å². The molecule has 0 radical (unpaired) electrons. The number of aliphatic hydroxyl groups is 4. The van der Waals surface area contributed by atoms with Crippen molar-refractivity contribution in [1.29, 1.82) is 0 Å². The van der Waals surface area contributed by atoms with Crippen LogP contribution < -0.4 is 0 Å². The van der Waals surface area contributed by atoms with Crippen LogP contribution in [0.4, 0.5) is 0 Å². The van der Waals surface area contributed by atoms with E-state index in [9.17, 15) is 5.11 Å². The number of aliphatic hydroxyl groups excluding tert-OH is 4. The van der Waals surface area contributed by atoms with Crippen molar-refractivity contribution < 1.29 is 20.4 Å². The first-order valence-electron chi connectivity index (χ1n) is 3.43. The normalized spacial score (nSPS) is 45.8. The average Bonchev–Trinajstić information content (AvgIpc) is 2.01. The Hall–Kier alpha value is 0.359. The third-order valence-electron chi connectivity index (χ3n) is 1.79. The first-order valence-corrected chi connectivity index (χ1v) is 5.63. The molecule has 0 spiro atoms. The molecule has 0 aromatic carbocycles. The fourth-order valence-corrected chi connectivity index (χ4v) is 3.35. The van der Waals surface area contributed by atoms with Gasteiger partial charge in [-0.05, 0) is 0 Å². The quantitative estimate of drug-likeness (QED) is 0.390. The predicted molar refractivity (Wildman–Crippen MR) is 39.4 cm³/mol. The molecule has 4 nitrogen and oxygen atoms in total. The Kier molecular flexibility index (Phi) is 3.30. The van der Waals surface area contributed by atoms with Crippen LogP contribution in [0.3, 0.4) is 0 Å². The van der Waals surface area contributed by atoms with Crippen molar-refractivity contribution in [2.24, 2.45) is 0 Å². The van der Waals surface area contributed by atoms with Gasteiger partial charge in [-0.2, -0.15) is 0 Å². The van der Waals surface area contributed by atoms with Crippen molar-refractivity contribution in [3.05, 3.63) is 0 Å². The van der Waals surface area contributed by atoms with Gasteiger partial charge in [0.05, 0.1) is 0 Å². The maximum atomic E-state index is 9.25. The van der Waals surface area contributed by atoms with E-state index in [4.69, 9.17) is 15.3 Å². The molecule has 1 fully saturated rings. The van der Waals surface area contributed by atoms with Crippen LogP contribution in [0.1, 0.15) is 0 Å². The molecule has 0 unspecified atom stereocenters. The molecule has 0 aromatic heterocycles. The van der Waals surface area contributed by atoms with Gasteiger partial charge in [-0.3, -0.25) is 0 Å². The van der Waals surface area contributed by atoms with Crippen molar-refractivity contribution in [2.75, 3.05) is 6.61 Å². The Morgan fingerprint density at radius 2 is 1.82 bits per heavy atom. The van der Waals surface area contributed by atoms with E-state index in [0.717, 1.165) is 0 Å². The summed E-state index contributed by atoms with van der Waals surface area (Å²) in [7, 11) is 0. The first-order chi connectivity index (χ1) is 5.16. The molecule has 5 heteroatoms. The Labute approximate surface area is 71.0 Å². The molecular formula is C6H12O4Se. The summed E-state index contributed by atoms with van der Waals surface area (Å²) in [5.41, 5.74) is 0.